The minimum Gasteiger partial charge on any atom is -0.396 e. The van der Waals surface area contributed by atoms with Crippen molar-refractivity contribution in [1.29, 1.82) is 0 Å². The molecule has 0 rings (SSSR count). The maximum Gasteiger partial charge on any atom is 0.228 e. The first-order valence-electron chi connectivity index (χ1n) is 11.8. The number of hydrogen-bond acceptors (Lipinski definition) is 3. The molecule has 0 aromatic rings. The zero-order chi connectivity index (χ0) is 21.8. The number of aliphatic hydroxyl groups excluding tert-OH is 1. The topological polar surface area (TPSA) is 106 Å². The Hall–Kier alpha value is -1.36. The number of allylic oxidation sites excluding steroid dienone is 1. The SMILES string of the molecule is CCCCCCCCCCCCCCCCC=CC(CCO)(CC(N)=O)C(N)=O. The lowest BCUT2D eigenvalue weighted by Crippen LogP contribution is -2.39. The highest BCUT2D eigenvalue weighted by molar-refractivity contribution is 5.89. The van der Waals surface area contributed by atoms with E-state index in [2.05, 4.69) is 6.92 Å². The Morgan fingerprint density at radius 2 is 1.24 bits per heavy atom. The fraction of sp³-hybridized carbons (Fsp3) is 0.833. The first-order chi connectivity index (χ1) is 14.0. The van der Waals surface area contributed by atoms with E-state index < -0.39 is 17.2 Å². The van der Waals surface area contributed by atoms with Crippen LogP contribution in [0.25, 0.3) is 0 Å². The van der Waals surface area contributed by atoms with Gasteiger partial charge in [0.2, 0.25) is 11.8 Å². The van der Waals surface area contributed by atoms with Crippen LogP contribution in [0, 0.1) is 5.41 Å². The van der Waals surface area contributed by atoms with E-state index in [1.165, 1.54) is 83.5 Å². The minimum atomic E-state index is -1.16. The van der Waals surface area contributed by atoms with E-state index in [-0.39, 0.29) is 19.4 Å². The summed E-state index contributed by atoms with van der Waals surface area (Å²) in [6.45, 7) is 2.05. The highest BCUT2D eigenvalue weighted by Crippen LogP contribution is 2.28. The van der Waals surface area contributed by atoms with Gasteiger partial charge in [-0.2, -0.15) is 0 Å². The first-order valence-corrected chi connectivity index (χ1v) is 11.8. The van der Waals surface area contributed by atoms with Crippen molar-refractivity contribution in [2.45, 2.75) is 116 Å². The summed E-state index contributed by atoms with van der Waals surface area (Å²) in [7, 11) is 0. The van der Waals surface area contributed by atoms with Crippen LogP contribution in [0.1, 0.15) is 116 Å². The lowest BCUT2D eigenvalue weighted by molar-refractivity contribution is -0.131. The molecule has 1 atom stereocenters. The fourth-order valence-corrected chi connectivity index (χ4v) is 3.80. The highest BCUT2D eigenvalue weighted by atomic mass is 16.3. The monoisotopic (exact) mass is 410 g/mol. The summed E-state index contributed by atoms with van der Waals surface area (Å²) in [6, 6.07) is 0. The molecule has 0 radical (unpaired) electrons. The Kier molecular flexibility index (Phi) is 17.8. The Balaban J connectivity index is 3.74. The molecule has 0 fully saturated rings. The fourth-order valence-electron chi connectivity index (χ4n) is 3.80. The van der Waals surface area contributed by atoms with Crippen molar-refractivity contribution >= 4 is 11.8 Å². The van der Waals surface area contributed by atoms with Gasteiger partial charge in [0.05, 0.1) is 5.41 Å². The van der Waals surface area contributed by atoms with Crippen LogP contribution in [0.3, 0.4) is 0 Å². The third-order valence-electron chi connectivity index (χ3n) is 5.70. The van der Waals surface area contributed by atoms with E-state index in [4.69, 9.17) is 11.5 Å². The maximum absolute atomic E-state index is 11.8. The smallest absolute Gasteiger partial charge is 0.228 e. The van der Waals surface area contributed by atoms with E-state index in [0.29, 0.717) is 0 Å². The molecule has 1 unspecified atom stereocenters. The van der Waals surface area contributed by atoms with Crippen molar-refractivity contribution in [3.63, 3.8) is 0 Å². The van der Waals surface area contributed by atoms with Crippen LogP contribution in [-0.2, 0) is 9.59 Å². The van der Waals surface area contributed by atoms with Gasteiger partial charge in [0, 0.05) is 13.0 Å². The summed E-state index contributed by atoms with van der Waals surface area (Å²) >= 11 is 0. The van der Waals surface area contributed by atoms with Gasteiger partial charge in [-0.3, -0.25) is 9.59 Å². The second-order valence-electron chi connectivity index (χ2n) is 8.42. The van der Waals surface area contributed by atoms with Crippen LogP contribution in [0.4, 0.5) is 0 Å². The van der Waals surface area contributed by atoms with Crippen LogP contribution >= 0.6 is 0 Å². The lowest BCUT2D eigenvalue weighted by Gasteiger charge is -2.25. The number of unbranched alkanes of at least 4 members (excludes halogenated alkanes) is 14. The standard InChI is InChI=1S/C24H46N2O3/c1-2-3-4-5-6-7-8-9-10-11-12-13-14-15-16-17-18-24(19-20-27,23(26)29)21-22(25)28/h17-18,27H,2-16,19-21H2,1H3,(H2,25,28)(H2,26,29). The number of aliphatic hydroxyl groups is 1. The van der Waals surface area contributed by atoms with Crippen LogP contribution in [0.2, 0.25) is 0 Å². The number of carbonyl (C=O) groups is 2. The Morgan fingerprint density at radius 3 is 1.62 bits per heavy atom. The van der Waals surface area contributed by atoms with Crippen LogP contribution in [-0.4, -0.2) is 23.5 Å². The van der Waals surface area contributed by atoms with Crippen LogP contribution in [0.5, 0.6) is 0 Å². The van der Waals surface area contributed by atoms with E-state index in [9.17, 15) is 14.7 Å². The Morgan fingerprint density at radius 1 is 0.793 bits per heavy atom. The van der Waals surface area contributed by atoms with Crippen LogP contribution < -0.4 is 11.5 Å². The molecule has 0 aliphatic rings. The molecular weight excluding hydrogens is 364 g/mol. The quantitative estimate of drug-likeness (QED) is 0.180. The largest absolute Gasteiger partial charge is 0.396 e. The molecule has 5 heteroatoms. The van der Waals surface area contributed by atoms with Crippen LogP contribution in [0.15, 0.2) is 12.2 Å². The highest BCUT2D eigenvalue weighted by Gasteiger charge is 2.35. The molecule has 0 aromatic carbocycles. The molecule has 5 nitrogen and oxygen atoms in total. The molecule has 0 saturated heterocycles. The van der Waals surface area contributed by atoms with Crippen molar-refractivity contribution in [3.05, 3.63) is 12.2 Å². The number of amides is 2. The molecule has 0 aliphatic heterocycles. The average molecular weight is 411 g/mol. The second kappa shape index (κ2) is 18.7. The van der Waals surface area contributed by atoms with Gasteiger partial charge in [-0.05, 0) is 19.3 Å². The van der Waals surface area contributed by atoms with E-state index >= 15 is 0 Å². The molecular formula is C24H46N2O3. The van der Waals surface area contributed by atoms with E-state index in [1.807, 2.05) is 6.08 Å². The van der Waals surface area contributed by atoms with Gasteiger partial charge in [0.15, 0.2) is 0 Å². The summed E-state index contributed by atoms with van der Waals surface area (Å²) in [5.74, 6) is -1.19. The molecule has 0 bridgehead atoms. The number of hydrogen-bond donors (Lipinski definition) is 3. The Labute approximate surface area is 178 Å². The maximum atomic E-state index is 11.8. The summed E-state index contributed by atoms with van der Waals surface area (Å²) in [6.07, 6.45) is 22.9. The van der Waals surface area contributed by atoms with Gasteiger partial charge in [0.25, 0.3) is 0 Å². The average Bonchev–Trinajstić information content (AvgIpc) is 2.67. The minimum absolute atomic E-state index is 0.126. The van der Waals surface area contributed by atoms with Crippen molar-refractivity contribution in [2.24, 2.45) is 16.9 Å². The van der Waals surface area contributed by atoms with Crippen molar-refractivity contribution in [3.8, 4) is 0 Å². The van der Waals surface area contributed by atoms with Crippen molar-refractivity contribution in [2.75, 3.05) is 6.61 Å². The van der Waals surface area contributed by atoms with Gasteiger partial charge in [0.1, 0.15) is 0 Å². The molecule has 5 N–H and O–H groups in total. The Bertz CT molecular complexity index is 451. The van der Waals surface area contributed by atoms with E-state index in [0.717, 1.165) is 12.8 Å². The summed E-state index contributed by atoms with van der Waals surface area (Å²) in [4.78, 5) is 23.1. The first kappa shape index (κ1) is 27.6. The molecule has 0 saturated carbocycles. The summed E-state index contributed by atoms with van der Waals surface area (Å²) < 4.78 is 0. The van der Waals surface area contributed by atoms with Gasteiger partial charge < -0.3 is 16.6 Å². The number of rotatable bonds is 21. The summed E-state index contributed by atoms with van der Waals surface area (Å²) in [5, 5.41) is 9.20. The number of primary amides is 2. The predicted octanol–water partition coefficient (Wildman–Crippen LogP) is 5.14. The van der Waals surface area contributed by atoms with Gasteiger partial charge in [-0.25, -0.2) is 0 Å². The second-order valence-corrected chi connectivity index (χ2v) is 8.42. The summed E-state index contributed by atoms with van der Waals surface area (Å²) in [5.41, 5.74) is 9.55. The molecule has 29 heavy (non-hydrogen) atoms. The third kappa shape index (κ3) is 15.2. The molecule has 2 amide bonds. The van der Waals surface area contributed by atoms with Gasteiger partial charge in [-0.15, -0.1) is 0 Å². The molecule has 0 spiro atoms. The van der Waals surface area contributed by atoms with Crippen molar-refractivity contribution in [1.82, 2.24) is 0 Å². The lowest BCUT2D eigenvalue weighted by atomic mass is 9.79. The molecule has 0 aromatic heterocycles. The zero-order valence-electron chi connectivity index (χ0n) is 18.8. The number of carbonyl (C=O) groups excluding carboxylic acids is 2. The predicted molar refractivity (Wildman–Crippen MR) is 121 cm³/mol. The third-order valence-corrected chi connectivity index (χ3v) is 5.70. The van der Waals surface area contributed by atoms with Gasteiger partial charge in [-0.1, -0.05) is 103 Å². The normalized spacial score (nSPS) is 13.6. The molecule has 170 valence electrons. The molecule has 0 aliphatic carbocycles. The van der Waals surface area contributed by atoms with Gasteiger partial charge >= 0.3 is 0 Å². The zero-order valence-corrected chi connectivity index (χ0v) is 18.8. The number of nitrogens with two attached hydrogens (primary N) is 2. The van der Waals surface area contributed by atoms with Crippen molar-refractivity contribution < 1.29 is 14.7 Å². The molecule has 0 heterocycles. The van der Waals surface area contributed by atoms with E-state index in [1.54, 1.807) is 6.08 Å².